The lowest BCUT2D eigenvalue weighted by atomic mass is 10.2. The van der Waals surface area contributed by atoms with Gasteiger partial charge in [-0.25, -0.2) is 0 Å². The van der Waals surface area contributed by atoms with Crippen LogP contribution in [0.15, 0.2) is 41.2 Å². The Hall–Kier alpha value is -1.61. The van der Waals surface area contributed by atoms with Crippen LogP contribution in [0.25, 0.3) is 10.9 Å². The molecule has 0 unspecified atom stereocenters. The average molecular weight is 272 g/mol. The first-order valence-corrected chi connectivity index (χ1v) is 7.62. The van der Waals surface area contributed by atoms with Gasteiger partial charge in [0.15, 0.2) is 0 Å². The van der Waals surface area contributed by atoms with Crippen LogP contribution in [0.2, 0.25) is 0 Å². The largest absolute Gasteiger partial charge is 0.315 e. The van der Waals surface area contributed by atoms with Crippen LogP contribution in [-0.2, 0) is 6.54 Å². The summed E-state index contributed by atoms with van der Waals surface area (Å²) >= 11 is 0. The summed E-state index contributed by atoms with van der Waals surface area (Å²) in [6, 6.07) is 11.6. The Morgan fingerprint density at radius 3 is 2.70 bits per heavy atom. The molecule has 2 rings (SSSR count). The number of hydrogen-bond donors (Lipinski definition) is 1. The Labute approximate surface area is 120 Å². The van der Waals surface area contributed by atoms with Crippen LogP contribution in [0.4, 0.5) is 0 Å². The van der Waals surface area contributed by atoms with Crippen molar-refractivity contribution in [2.75, 3.05) is 13.1 Å². The molecule has 0 fully saturated rings. The van der Waals surface area contributed by atoms with Crippen molar-refractivity contribution < 1.29 is 0 Å². The first-order chi connectivity index (χ1) is 9.83. The third kappa shape index (κ3) is 3.94. The fourth-order valence-corrected chi connectivity index (χ4v) is 2.47. The predicted molar refractivity (Wildman–Crippen MR) is 85.2 cm³/mol. The third-order valence-corrected chi connectivity index (χ3v) is 3.62. The van der Waals surface area contributed by atoms with Gasteiger partial charge in [0.2, 0.25) is 0 Å². The molecule has 20 heavy (non-hydrogen) atoms. The van der Waals surface area contributed by atoms with Gasteiger partial charge >= 0.3 is 0 Å². The zero-order chi connectivity index (χ0) is 14.2. The van der Waals surface area contributed by atoms with Crippen molar-refractivity contribution in [3.05, 3.63) is 46.8 Å². The zero-order valence-electron chi connectivity index (χ0n) is 12.3. The maximum absolute atomic E-state index is 12.0. The number of unbranched alkanes of at least 4 members (excludes halogenated alkanes) is 3. The summed E-state index contributed by atoms with van der Waals surface area (Å²) in [4.78, 5) is 12.0. The molecular weight excluding hydrogens is 248 g/mol. The first kappa shape index (κ1) is 14.8. The Morgan fingerprint density at radius 2 is 1.85 bits per heavy atom. The van der Waals surface area contributed by atoms with Crippen LogP contribution in [0.5, 0.6) is 0 Å². The van der Waals surface area contributed by atoms with Crippen molar-refractivity contribution in [2.24, 2.45) is 0 Å². The van der Waals surface area contributed by atoms with Crippen LogP contribution in [0.3, 0.4) is 0 Å². The summed E-state index contributed by atoms with van der Waals surface area (Å²) in [5.41, 5.74) is 1.10. The molecule has 2 aromatic rings. The lowest BCUT2D eigenvalue weighted by molar-refractivity contribution is 0.561. The number of benzene rings is 1. The first-order valence-electron chi connectivity index (χ1n) is 7.62. The molecule has 1 aromatic carbocycles. The van der Waals surface area contributed by atoms with E-state index >= 15 is 0 Å². The molecule has 1 heterocycles. The number of nitrogens with one attached hydrogen (secondary N) is 1. The Bertz CT molecular complexity index is 589. The third-order valence-electron chi connectivity index (χ3n) is 3.62. The van der Waals surface area contributed by atoms with E-state index in [1.165, 1.54) is 25.7 Å². The maximum Gasteiger partial charge on any atom is 0.251 e. The molecule has 0 amide bonds. The lowest BCUT2D eigenvalue weighted by Gasteiger charge is -2.10. The van der Waals surface area contributed by atoms with Gasteiger partial charge in [-0.2, -0.15) is 0 Å². The number of rotatable bonds is 8. The summed E-state index contributed by atoms with van der Waals surface area (Å²) in [6.45, 7) is 4.84. The molecule has 3 heteroatoms. The van der Waals surface area contributed by atoms with Crippen LogP contribution >= 0.6 is 0 Å². The van der Waals surface area contributed by atoms with E-state index in [0.717, 1.165) is 30.5 Å². The average Bonchev–Trinajstić information content (AvgIpc) is 2.48. The fourth-order valence-electron chi connectivity index (χ4n) is 2.47. The molecule has 0 aliphatic heterocycles. The molecule has 3 nitrogen and oxygen atoms in total. The Balaban J connectivity index is 1.90. The van der Waals surface area contributed by atoms with Crippen LogP contribution in [-0.4, -0.2) is 17.7 Å². The number of nitrogens with zero attached hydrogens (tertiary/aromatic N) is 1. The normalized spacial score (nSPS) is 11.1. The molecule has 0 aliphatic carbocycles. The number of para-hydroxylation sites is 1. The second-order valence-electron chi connectivity index (χ2n) is 5.19. The van der Waals surface area contributed by atoms with E-state index in [9.17, 15) is 4.79 Å². The van der Waals surface area contributed by atoms with E-state index in [1.54, 1.807) is 6.07 Å². The van der Waals surface area contributed by atoms with E-state index < -0.39 is 0 Å². The van der Waals surface area contributed by atoms with Crippen LogP contribution < -0.4 is 10.9 Å². The van der Waals surface area contributed by atoms with Gasteiger partial charge in [0.05, 0.1) is 5.52 Å². The van der Waals surface area contributed by atoms with Crippen LogP contribution in [0.1, 0.15) is 32.6 Å². The molecule has 0 radical (unpaired) electrons. The van der Waals surface area contributed by atoms with Gasteiger partial charge in [-0.05, 0) is 30.5 Å². The molecular formula is C17H24N2O. The standard InChI is InChI=1S/C17H24N2O/c1-2-3-4-7-12-18-13-14-19-16-9-6-5-8-15(16)10-11-17(19)20/h5-6,8-11,18H,2-4,7,12-14H2,1H3. The van der Waals surface area contributed by atoms with Gasteiger partial charge in [0.1, 0.15) is 0 Å². The van der Waals surface area contributed by atoms with Crippen molar-refractivity contribution in [1.29, 1.82) is 0 Å². The molecule has 1 aromatic heterocycles. The van der Waals surface area contributed by atoms with Crippen molar-refractivity contribution in [3.63, 3.8) is 0 Å². The second-order valence-corrected chi connectivity index (χ2v) is 5.19. The van der Waals surface area contributed by atoms with E-state index in [0.29, 0.717) is 0 Å². The fraction of sp³-hybridized carbons (Fsp3) is 0.471. The molecule has 0 bridgehead atoms. The van der Waals surface area contributed by atoms with Gasteiger partial charge in [0.25, 0.3) is 5.56 Å². The number of hydrogen-bond acceptors (Lipinski definition) is 2. The molecule has 0 aliphatic rings. The molecule has 0 saturated carbocycles. The maximum atomic E-state index is 12.0. The summed E-state index contributed by atoms with van der Waals surface area (Å²) in [7, 11) is 0. The minimum Gasteiger partial charge on any atom is -0.315 e. The highest BCUT2D eigenvalue weighted by atomic mass is 16.1. The zero-order valence-corrected chi connectivity index (χ0v) is 12.3. The summed E-state index contributed by atoms with van der Waals surface area (Å²) in [6.07, 6.45) is 5.09. The van der Waals surface area contributed by atoms with Gasteiger partial charge in [-0.3, -0.25) is 4.79 Å². The van der Waals surface area contributed by atoms with E-state index in [4.69, 9.17) is 0 Å². The molecule has 0 spiro atoms. The highest BCUT2D eigenvalue weighted by Crippen LogP contribution is 2.10. The monoisotopic (exact) mass is 272 g/mol. The SMILES string of the molecule is CCCCCCNCCn1c(=O)ccc2ccccc21. The van der Waals surface area contributed by atoms with Crippen LogP contribution in [0, 0.1) is 0 Å². The minimum absolute atomic E-state index is 0.0801. The van der Waals surface area contributed by atoms with Crippen molar-refractivity contribution >= 4 is 10.9 Å². The number of pyridine rings is 1. The topological polar surface area (TPSA) is 34.0 Å². The highest BCUT2D eigenvalue weighted by molar-refractivity contribution is 5.78. The van der Waals surface area contributed by atoms with Gasteiger partial charge < -0.3 is 9.88 Å². The number of fused-ring (bicyclic) bond motifs is 1. The van der Waals surface area contributed by atoms with Gasteiger partial charge in [-0.1, -0.05) is 44.4 Å². The van der Waals surface area contributed by atoms with E-state index in [1.807, 2.05) is 34.9 Å². The molecule has 0 saturated heterocycles. The van der Waals surface area contributed by atoms with Crippen molar-refractivity contribution in [2.45, 2.75) is 39.2 Å². The van der Waals surface area contributed by atoms with Gasteiger partial charge in [0, 0.05) is 19.2 Å². The smallest absolute Gasteiger partial charge is 0.251 e. The number of aromatic nitrogens is 1. The van der Waals surface area contributed by atoms with Gasteiger partial charge in [-0.15, -0.1) is 0 Å². The molecule has 1 N–H and O–H groups in total. The van der Waals surface area contributed by atoms with E-state index in [-0.39, 0.29) is 5.56 Å². The molecule has 0 atom stereocenters. The summed E-state index contributed by atoms with van der Waals surface area (Å²) in [5.74, 6) is 0. The predicted octanol–water partition coefficient (Wildman–Crippen LogP) is 3.17. The highest BCUT2D eigenvalue weighted by Gasteiger charge is 2.01. The minimum atomic E-state index is 0.0801. The van der Waals surface area contributed by atoms with Crippen molar-refractivity contribution in [1.82, 2.24) is 9.88 Å². The Morgan fingerprint density at radius 1 is 1.00 bits per heavy atom. The quantitative estimate of drug-likeness (QED) is 0.749. The second kappa shape index (κ2) is 7.85. The van der Waals surface area contributed by atoms with Crippen molar-refractivity contribution in [3.8, 4) is 0 Å². The Kier molecular flexibility index (Phi) is 5.81. The molecule has 108 valence electrons. The van der Waals surface area contributed by atoms with E-state index in [2.05, 4.69) is 12.2 Å². The lowest BCUT2D eigenvalue weighted by Crippen LogP contribution is -2.27. The summed E-state index contributed by atoms with van der Waals surface area (Å²) < 4.78 is 1.86. The summed E-state index contributed by atoms with van der Waals surface area (Å²) in [5, 5.41) is 4.55.